The van der Waals surface area contributed by atoms with Crippen LogP contribution in [-0.4, -0.2) is 37.7 Å². The normalized spacial score (nSPS) is 11.7. The predicted octanol–water partition coefficient (Wildman–Crippen LogP) is 4.29. The minimum absolute atomic E-state index is 0.0795. The molecule has 0 aliphatic rings. The summed E-state index contributed by atoms with van der Waals surface area (Å²) in [5.74, 6) is 1.17. The molecule has 0 saturated heterocycles. The first-order valence-electron chi connectivity index (χ1n) is 9.64. The van der Waals surface area contributed by atoms with Crippen LogP contribution in [0.15, 0.2) is 34.7 Å². The lowest BCUT2D eigenvalue weighted by Crippen LogP contribution is -2.43. The summed E-state index contributed by atoms with van der Waals surface area (Å²) >= 11 is 0. The molecule has 1 amide bonds. The summed E-state index contributed by atoms with van der Waals surface area (Å²) in [7, 11) is 0. The Morgan fingerprint density at radius 1 is 1.15 bits per heavy atom. The van der Waals surface area contributed by atoms with E-state index in [-0.39, 0.29) is 24.5 Å². The van der Waals surface area contributed by atoms with Gasteiger partial charge < -0.3 is 13.9 Å². The third kappa shape index (κ3) is 3.89. The van der Waals surface area contributed by atoms with Crippen molar-refractivity contribution in [3.63, 3.8) is 0 Å². The molecule has 0 aliphatic carbocycles. The highest BCUT2D eigenvalue weighted by Crippen LogP contribution is 2.28. The lowest BCUT2D eigenvalue weighted by atomic mass is 10.2. The van der Waals surface area contributed by atoms with Gasteiger partial charge in [-0.1, -0.05) is 25.1 Å². The summed E-state index contributed by atoms with van der Waals surface area (Å²) in [5, 5.41) is 9.41. The van der Waals surface area contributed by atoms with Crippen molar-refractivity contribution in [2.24, 2.45) is 0 Å². The molecular formula is C21H28N4O2. The van der Waals surface area contributed by atoms with Crippen LogP contribution in [0.25, 0.3) is 22.5 Å². The zero-order chi connectivity index (χ0) is 19.6. The summed E-state index contributed by atoms with van der Waals surface area (Å²) < 4.78 is 7.83. The Hall–Kier alpha value is -2.63. The molecule has 0 unspecified atom stereocenters. The van der Waals surface area contributed by atoms with Gasteiger partial charge >= 0.3 is 0 Å². The number of hydrogen-bond donors (Lipinski definition) is 0. The molecule has 0 bridgehead atoms. The molecule has 0 aliphatic heterocycles. The van der Waals surface area contributed by atoms with E-state index in [9.17, 15) is 4.79 Å². The van der Waals surface area contributed by atoms with E-state index in [2.05, 4.69) is 17.1 Å². The van der Waals surface area contributed by atoms with Gasteiger partial charge in [-0.2, -0.15) is 0 Å². The molecular weight excluding hydrogens is 340 g/mol. The molecule has 0 fully saturated rings. The van der Waals surface area contributed by atoms with Gasteiger partial charge in [0.25, 0.3) is 5.89 Å². The number of benzene rings is 1. The Kier molecular flexibility index (Phi) is 5.63. The Morgan fingerprint density at radius 3 is 2.52 bits per heavy atom. The summed E-state index contributed by atoms with van der Waals surface area (Å²) in [5.41, 5.74) is 1.77. The van der Waals surface area contributed by atoms with Crippen LogP contribution in [-0.2, 0) is 17.8 Å². The third-order valence-corrected chi connectivity index (χ3v) is 4.65. The number of para-hydroxylation sites is 1. The first kappa shape index (κ1) is 19.1. The van der Waals surface area contributed by atoms with Gasteiger partial charge in [0.1, 0.15) is 12.2 Å². The zero-order valence-corrected chi connectivity index (χ0v) is 16.8. The molecule has 3 rings (SSSR count). The molecule has 3 aromatic rings. The standard InChI is InChI=1S/C21H28N4O2/c1-6-9-19-22-23-21(27-19)18-12-16-10-7-8-11-17(16)24(18)13-20(26)25(14(2)3)15(4)5/h7-8,10-12,14-15H,6,9,13H2,1-5H3. The molecule has 0 atom stereocenters. The zero-order valence-electron chi connectivity index (χ0n) is 16.8. The second kappa shape index (κ2) is 7.94. The maximum absolute atomic E-state index is 13.1. The first-order chi connectivity index (χ1) is 12.9. The maximum atomic E-state index is 13.1. The second-order valence-electron chi connectivity index (χ2n) is 7.41. The molecule has 2 heterocycles. The molecule has 6 heteroatoms. The minimum atomic E-state index is 0.0795. The van der Waals surface area contributed by atoms with Gasteiger partial charge in [0.05, 0.1) is 0 Å². The van der Waals surface area contributed by atoms with E-state index in [0.29, 0.717) is 11.8 Å². The number of rotatable bonds is 7. The van der Waals surface area contributed by atoms with Crippen molar-refractivity contribution in [3.05, 3.63) is 36.2 Å². The summed E-state index contributed by atoms with van der Waals surface area (Å²) in [6, 6.07) is 10.3. The van der Waals surface area contributed by atoms with E-state index in [1.165, 1.54) is 0 Å². The second-order valence-corrected chi connectivity index (χ2v) is 7.41. The molecule has 0 radical (unpaired) electrons. The van der Waals surface area contributed by atoms with Crippen LogP contribution >= 0.6 is 0 Å². The number of aryl methyl sites for hydroxylation is 1. The van der Waals surface area contributed by atoms with Crippen molar-refractivity contribution in [1.82, 2.24) is 19.7 Å². The largest absolute Gasteiger partial charge is 0.419 e. The van der Waals surface area contributed by atoms with Crippen LogP contribution in [0, 0.1) is 0 Å². The van der Waals surface area contributed by atoms with Crippen LogP contribution in [0.3, 0.4) is 0 Å². The molecule has 0 saturated carbocycles. The van der Waals surface area contributed by atoms with Gasteiger partial charge in [-0.15, -0.1) is 10.2 Å². The molecule has 2 aromatic heterocycles. The summed E-state index contributed by atoms with van der Waals surface area (Å²) in [4.78, 5) is 15.0. The Balaban J connectivity index is 2.03. The summed E-state index contributed by atoms with van der Waals surface area (Å²) in [6.07, 6.45) is 1.70. The van der Waals surface area contributed by atoms with E-state index >= 15 is 0 Å². The Morgan fingerprint density at radius 2 is 1.85 bits per heavy atom. The van der Waals surface area contributed by atoms with Gasteiger partial charge in [-0.3, -0.25) is 4.79 Å². The lowest BCUT2D eigenvalue weighted by molar-refractivity contribution is -0.135. The molecule has 6 nitrogen and oxygen atoms in total. The van der Waals surface area contributed by atoms with Crippen LogP contribution < -0.4 is 0 Å². The summed E-state index contributed by atoms with van der Waals surface area (Å²) in [6.45, 7) is 10.5. The fraction of sp³-hybridized carbons (Fsp3) is 0.476. The van der Waals surface area contributed by atoms with Crippen LogP contribution in [0.4, 0.5) is 0 Å². The van der Waals surface area contributed by atoms with E-state index in [1.807, 2.05) is 67.5 Å². The van der Waals surface area contributed by atoms with E-state index < -0.39 is 0 Å². The molecule has 27 heavy (non-hydrogen) atoms. The van der Waals surface area contributed by atoms with Gasteiger partial charge in [-0.05, 0) is 46.2 Å². The van der Waals surface area contributed by atoms with Gasteiger partial charge in [0, 0.05) is 29.4 Å². The smallest absolute Gasteiger partial charge is 0.264 e. The van der Waals surface area contributed by atoms with Crippen molar-refractivity contribution in [2.45, 2.75) is 66.1 Å². The van der Waals surface area contributed by atoms with Crippen molar-refractivity contribution >= 4 is 16.8 Å². The van der Waals surface area contributed by atoms with Crippen LogP contribution in [0.5, 0.6) is 0 Å². The highest BCUT2D eigenvalue weighted by Gasteiger charge is 2.23. The van der Waals surface area contributed by atoms with E-state index in [4.69, 9.17) is 4.42 Å². The number of amides is 1. The predicted molar refractivity (Wildman–Crippen MR) is 106 cm³/mol. The highest BCUT2D eigenvalue weighted by molar-refractivity contribution is 5.88. The minimum Gasteiger partial charge on any atom is -0.419 e. The van der Waals surface area contributed by atoms with Crippen molar-refractivity contribution in [3.8, 4) is 11.6 Å². The highest BCUT2D eigenvalue weighted by atomic mass is 16.4. The SMILES string of the molecule is CCCc1nnc(-c2cc3ccccc3n2CC(=O)N(C(C)C)C(C)C)o1. The van der Waals surface area contributed by atoms with Gasteiger partial charge in [-0.25, -0.2) is 0 Å². The van der Waals surface area contributed by atoms with Crippen LogP contribution in [0.1, 0.15) is 46.9 Å². The average molecular weight is 368 g/mol. The van der Waals surface area contributed by atoms with Gasteiger partial charge in [0.2, 0.25) is 11.8 Å². The lowest BCUT2D eigenvalue weighted by Gasteiger charge is -2.31. The monoisotopic (exact) mass is 368 g/mol. The van der Waals surface area contributed by atoms with E-state index in [0.717, 1.165) is 29.4 Å². The third-order valence-electron chi connectivity index (χ3n) is 4.65. The first-order valence-corrected chi connectivity index (χ1v) is 9.64. The number of nitrogens with zero attached hydrogens (tertiary/aromatic N) is 4. The quantitative estimate of drug-likeness (QED) is 0.624. The fourth-order valence-corrected chi connectivity index (χ4v) is 3.62. The fourth-order valence-electron chi connectivity index (χ4n) is 3.62. The van der Waals surface area contributed by atoms with Crippen LogP contribution in [0.2, 0.25) is 0 Å². The van der Waals surface area contributed by atoms with Gasteiger partial charge in [0.15, 0.2) is 0 Å². The molecule has 0 spiro atoms. The molecule has 1 aromatic carbocycles. The molecule has 0 N–H and O–H groups in total. The van der Waals surface area contributed by atoms with E-state index in [1.54, 1.807) is 0 Å². The van der Waals surface area contributed by atoms with Crippen molar-refractivity contribution in [2.75, 3.05) is 0 Å². The number of fused-ring (bicyclic) bond motifs is 1. The number of carbonyl (C=O) groups excluding carboxylic acids is 1. The maximum Gasteiger partial charge on any atom is 0.264 e. The molecule has 144 valence electrons. The van der Waals surface area contributed by atoms with Crippen molar-refractivity contribution < 1.29 is 9.21 Å². The number of aromatic nitrogens is 3. The number of carbonyl (C=O) groups is 1. The topological polar surface area (TPSA) is 64.2 Å². The average Bonchev–Trinajstić information content (AvgIpc) is 3.19. The number of hydrogen-bond acceptors (Lipinski definition) is 4. The Bertz CT molecular complexity index is 915. The van der Waals surface area contributed by atoms with Crippen molar-refractivity contribution in [1.29, 1.82) is 0 Å². The Labute approximate surface area is 160 Å².